The second kappa shape index (κ2) is 21.2. The van der Waals surface area contributed by atoms with Gasteiger partial charge in [-0.05, 0) is 148 Å². The first-order chi connectivity index (χ1) is 38.8. The molecule has 0 N–H and O–H groups in total. The molecule has 81 heavy (non-hydrogen) atoms. The zero-order valence-electron chi connectivity index (χ0n) is 47.3. The molecule has 13 aromatic rings. The summed E-state index contributed by atoms with van der Waals surface area (Å²) in [5, 5.41) is 2.66. The Kier molecular flexibility index (Phi) is 13.9. The minimum Gasteiger partial charge on any atom is -0.497 e. The summed E-state index contributed by atoms with van der Waals surface area (Å²) in [5.74, 6) is 3.21. The maximum Gasteiger partial charge on any atom is 2.00 e. The van der Waals surface area contributed by atoms with Crippen LogP contribution in [-0.2, 0) is 21.1 Å². The number of fused-ring (bicyclic) bond motifs is 6. The maximum absolute atomic E-state index is 7.11. The van der Waals surface area contributed by atoms with Crippen molar-refractivity contribution >= 4 is 55.0 Å². The van der Waals surface area contributed by atoms with Gasteiger partial charge >= 0.3 is 21.1 Å². The molecular formula is C72H62N6O2Pt. The molecule has 9 heteroatoms. The predicted molar refractivity (Wildman–Crippen MR) is 328 cm³/mol. The van der Waals surface area contributed by atoms with Crippen molar-refractivity contribution in [3.63, 3.8) is 0 Å². The average molecular weight is 1240 g/mol. The summed E-state index contributed by atoms with van der Waals surface area (Å²) in [7, 11) is 0. The second-order valence-corrected chi connectivity index (χ2v) is 22.5. The topological polar surface area (TPSA) is 83.8 Å². The molecule has 0 aliphatic heterocycles. The Morgan fingerprint density at radius 2 is 0.963 bits per heavy atom. The summed E-state index contributed by atoms with van der Waals surface area (Å²) < 4.78 is 18.8. The molecule has 0 fully saturated rings. The van der Waals surface area contributed by atoms with E-state index in [2.05, 4.69) is 222 Å². The third-order valence-corrected chi connectivity index (χ3v) is 15.6. The van der Waals surface area contributed by atoms with Gasteiger partial charge in [0.2, 0.25) is 5.71 Å². The fraction of sp³-hybridized carbons (Fsp3) is 0.194. The summed E-state index contributed by atoms with van der Waals surface area (Å²) in [6, 6.07) is 67.4. The van der Waals surface area contributed by atoms with E-state index in [0.717, 1.165) is 77.9 Å². The molecule has 8 nitrogen and oxygen atoms in total. The minimum atomic E-state index is 0. The number of imidazole rings is 2. The number of para-hydroxylation sites is 4. The van der Waals surface area contributed by atoms with E-state index in [1.165, 1.54) is 44.5 Å². The number of aromatic nitrogens is 6. The standard InChI is InChI=1S/C72H62N6O2.Pt/c1-41(2)55-34-50(47-22-13-11-14-23-47)35-56(42(3)4)67(55)77-64-30-19-17-28-62(64)74-70(77)49-26-21-27-53(33-49)79-54-39-59-60-38-52-32-45(9)73-46(10)66(52)76-72(60)80-69(59)61(40-54)71-75-63-29-18-20-31-65(63)78(71)68-57(43(5)6)36-51(37-58(68)44(7)8)48-24-15-12-16-25-48;/h11-32,34-39,41-44H,1-10H3;/q-2;+2. The normalized spacial score (nSPS) is 11.9. The fourth-order valence-electron chi connectivity index (χ4n) is 11.8. The number of furan rings is 1. The Morgan fingerprint density at radius 1 is 0.457 bits per heavy atom. The second-order valence-electron chi connectivity index (χ2n) is 22.5. The van der Waals surface area contributed by atoms with Crippen molar-refractivity contribution in [2.24, 2.45) is 0 Å². The minimum absolute atomic E-state index is 0. The number of hydrogen-bond donors (Lipinski definition) is 0. The number of pyridine rings is 2. The van der Waals surface area contributed by atoms with Crippen LogP contribution in [0.5, 0.6) is 11.5 Å². The Hall–Kier alpha value is -8.45. The molecule has 0 atom stereocenters. The Labute approximate surface area is 487 Å². The predicted octanol–water partition coefficient (Wildman–Crippen LogP) is 19.4. The zero-order chi connectivity index (χ0) is 55.1. The summed E-state index contributed by atoms with van der Waals surface area (Å²) in [6.07, 6.45) is 0. The van der Waals surface area contributed by atoms with Gasteiger partial charge in [-0.1, -0.05) is 164 Å². The SMILES string of the molecule is Cc1cc2cc3c(nc2c(C)n1)oc1c(-c2nc4ccccc4n2-c2c(C(C)C)cc(-c4ccccc4)cc2C(C)C)[c-]c(Oc2[c-]c(-c4nc5ccccc5n4-c4c(C(C)C)cc(-c5ccccc5)cc4C(C)C)ccc2)cc13.[Pt+2]. The van der Waals surface area contributed by atoms with Crippen molar-refractivity contribution in [3.8, 4) is 67.9 Å². The van der Waals surface area contributed by atoms with Crippen molar-refractivity contribution in [2.45, 2.75) is 92.9 Å². The smallest absolute Gasteiger partial charge is 0.497 e. The number of ether oxygens (including phenoxy) is 1. The van der Waals surface area contributed by atoms with Gasteiger partial charge in [0.05, 0.1) is 50.5 Å². The van der Waals surface area contributed by atoms with Gasteiger partial charge in [0.1, 0.15) is 0 Å². The quantitative estimate of drug-likeness (QED) is 0.113. The van der Waals surface area contributed by atoms with Gasteiger partial charge in [0.25, 0.3) is 0 Å². The van der Waals surface area contributed by atoms with Gasteiger partial charge in [0, 0.05) is 39.3 Å². The van der Waals surface area contributed by atoms with Crippen molar-refractivity contribution in [1.29, 1.82) is 0 Å². The van der Waals surface area contributed by atoms with Gasteiger partial charge < -0.3 is 18.3 Å². The largest absolute Gasteiger partial charge is 2.00 e. The first kappa shape index (κ1) is 53.2. The molecule has 13 rings (SSSR count). The third kappa shape index (κ3) is 9.43. The molecular weight excluding hydrogens is 1180 g/mol. The van der Waals surface area contributed by atoms with Crippen LogP contribution in [0.4, 0.5) is 0 Å². The van der Waals surface area contributed by atoms with Gasteiger partial charge in [-0.2, -0.15) is 0 Å². The van der Waals surface area contributed by atoms with Gasteiger partial charge in [-0.25, -0.2) is 4.98 Å². The van der Waals surface area contributed by atoms with Crippen molar-refractivity contribution in [2.75, 3.05) is 0 Å². The van der Waals surface area contributed by atoms with Crippen LogP contribution >= 0.6 is 0 Å². The molecule has 0 aliphatic carbocycles. The molecule has 5 aromatic heterocycles. The molecule has 5 heterocycles. The Morgan fingerprint density at radius 3 is 1.51 bits per heavy atom. The molecule has 0 amide bonds. The van der Waals surface area contributed by atoms with Crippen LogP contribution in [0.2, 0.25) is 0 Å². The molecule has 0 bridgehead atoms. The summed E-state index contributed by atoms with van der Waals surface area (Å²) in [6.45, 7) is 22.2. The number of aryl methyl sites for hydroxylation is 2. The van der Waals surface area contributed by atoms with E-state index < -0.39 is 0 Å². The number of hydrogen-bond acceptors (Lipinski definition) is 6. The molecule has 0 saturated heterocycles. The average Bonchev–Trinajstić information content (AvgIpc) is 4.30. The van der Waals surface area contributed by atoms with E-state index in [0.29, 0.717) is 34.2 Å². The number of rotatable bonds is 12. The molecule has 0 spiro atoms. The monoisotopic (exact) mass is 1240 g/mol. The van der Waals surface area contributed by atoms with Crippen molar-refractivity contribution < 1.29 is 30.2 Å². The van der Waals surface area contributed by atoms with Crippen LogP contribution < -0.4 is 4.74 Å². The van der Waals surface area contributed by atoms with Crippen LogP contribution in [0.3, 0.4) is 0 Å². The zero-order valence-corrected chi connectivity index (χ0v) is 49.6. The molecule has 8 aromatic carbocycles. The molecule has 402 valence electrons. The number of benzene rings is 8. The first-order valence-electron chi connectivity index (χ1n) is 28.0. The molecule has 0 saturated carbocycles. The molecule has 0 aliphatic rings. The first-order valence-corrected chi connectivity index (χ1v) is 28.0. The maximum atomic E-state index is 7.11. The van der Waals surface area contributed by atoms with Crippen LogP contribution in [0.1, 0.15) is 113 Å². The Bertz CT molecular complexity index is 4490. The summed E-state index contributed by atoms with van der Waals surface area (Å²) in [5.41, 5.74) is 20.8. The van der Waals surface area contributed by atoms with Crippen molar-refractivity contribution in [1.82, 2.24) is 29.1 Å². The summed E-state index contributed by atoms with van der Waals surface area (Å²) >= 11 is 0. The van der Waals surface area contributed by atoms with Crippen LogP contribution in [0.15, 0.2) is 174 Å². The van der Waals surface area contributed by atoms with E-state index in [4.69, 9.17) is 29.1 Å². The fourth-order valence-corrected chi connectivity index (χ4v) is 11.8. The van der Waals surface area contributed by atoms with Gasteiger partial charge in [0.15, 0.2) is 0 Å². The van der Waals surface area contributed by atoms with Crippen molar-refractivity contribution in [3.05, 3.63) is 216 Å². The van der Waals surface area contributed by atoms with E-state index in [9.17, 15) is 0 Å². The molecule has 0 radical (unpaired) electrons. The third-order valence-electron chi connectivity index (χ3n) is 15.6. The van der Waals surface area contributed by atoms with E-state index in [-0.39, 0.29) is 44.7 Å². The van der Waals surface area contributed by atoms with E-state index >= 15 is 0 Å². The van der Waals surface area contributed by atoms with Crippen LogP contribution in [-0.4, -0.2) is 29.1 Å². The van der Waals surface area contributed by atoms with Gasteiger partial charge in [-0.3, -0.25) is 15.0 Å². The van der Waals surface area contributed by atoms with E-state index in [1.807, 2.05) is 38.1 Å². The van der Waals surface area contributed by atoms with Crippen LogP contribution in [0, 0.1) is 26.0 Å². The number of nitrogens with zero attached hydrogens (tertiary/aromatic N) is 6. The summed E-state index contributed by atoms with van der Waals surface area (Å²) in [4.78, 5) is 20.9. The Balaban J connectivity index is 0.00000651. The van der Waals surface area contributed by atoms with E-state index in [1.54, 1.807) is 0 Å². The van der Waals surface area contributed by atoms with Gasteiger partial charge in [-0.15, -0.1) is 23.8 Å². The van der Waals surface area contributed by atoms with Crippen LogP contribution in [0.25, 0.3) is 111 Å². The molecule has 0 unspecified atom stereocenters.